The Morgan fingerprint density at radius 2 is 1.94 bits per heavy atom. The van der Waals surface area contributed by atoms with Crippen LogP contribution in [0.25, 0.3) is 0 Å². The Morgan fingerprint density at radius 1 is 1.31 bits per heavy atom. The molecule has 0 unspecified atom stereocenters. The number of carbonyl (C=O) groups excluding carboxylic acids is 1. The number of amides is 1. The van der Waals surface area contributed by atoms with Crippen LogP contribution in [0.4, 0.5) is 5.69 Å². The lowest BCUT2D eigenvalue weighted by Crippen LogP contribution is -2.36. The van der Waals surface area contributed by atoms with Gasteiger partial charge in [-0.15, -0.1) is 0 Å². The molecule has 1 aromatic carbocycles. The number of hydrogen-bond acceptors (Lipinski definition) is 4. The van der Waals surface area contributed by atoms with Crippen molar-refractivity contribution in [3.63, 3.8) is 0 Å². The van der Waals surface area contributed by atoms with Gasteiger partial charge in [-0.2, -0.15) is 0 Å². The molecule has 2 rings (SSSR count). The minimum atomic E-state index is -3.90. The molecule has 84 valence electrons. The first kappa shape index (κ1) is 10.7. The highest BCUT2D eigenvalue weighted by Gasteiger charge is 2.38. The Labute approximate surface area is 92.5 Å². The maximum Gasteiger partial charge on any atom is 0.273 e. The lowest BCUT2D eigenvalue weighted by molar-refractivity contribution is -0.114. The number of para-hydroxylation sites is 1. The molecule has 0 saturated heterocycles. The summed E-state index contributed by atoms with van der Waals surface area (Å²) in [5.41, 5.74) is 0.318. The molecule has 0 atom stereocenters. The zero-order valence-electron chi connectivity index (χ0n) is 8.41. The van der Waals surface area contributed by atoms with Gasteiger partial charge in [0.05, 0.1) is 10.6 Å². The van der Waals surface area contributed by atoms with Gasteiger partial charge in [-0.1, -0.05) is 12.1 Å². The van der Waals surface area contributed by atoms with Crippen LogP contribution >= 0.6 is 0 Å². The van der Waals surface area contributed by atoms with Gasteiger partial charge in [0.1, 0.15) is 6.26 Å². The van der Waals surface area contributed by atoms with Gasteiger partial charge in [-0.3, -0.25) is 4.79 Å². The molecule has 1 heterocycles. The topological polar surface area (TPSA) is 74.7 Å². The van der Waals surface area contributed by atoms with E-state index >= 15 is 0 Å². The van der Waals surface area contributed by atoms with Crippen LogP contribution in [0.15, 0.2) is 40.3 Å². The number of hydrogen-bond donors (Lipinski definition) is 1. The van der Waals surface area contributed by atoms with Crippen molar-refractivity contribution >= 4 is 21.4 Å². The SMILES string of the molecule is CN1C(=O)C(=CO)S(=O)(=O)c2ccccc21. The van der Waals surface area contributed by atoms with Crippen LogP contribution in [-0.4, -0.2) is 26.5 Å². The van der Waals surface area contributed by atoms with E-state index < -0.39 is 20.6 Å². The molecule has 0 saturated carbocycles. The molecule has 1 aliphatic heterocycles. The van der Waals surface area contributed by atoms with Gasteiger partial charge in [0.15, 0.2) is 4.91 Å². The van der Waals surface area contributed by atoms with E-state index in [9.17, 15) is 13.2 Å². The lowest BCUT2D eigenvalue weighted by Gasteiger charge is -2.26. The number of nitrogens with zero attached hydrogens (tertiary/aromatic N) is 1. The van der Waals surface area contributed by atoms with Gasteiger partial charge in [-0.25, -0.2) is 8.42 Å². The first-order valence-corrected chi connectivity index (χ1v) is 5.95. The van der Waals surface area contributed by atoms with Crippen molar-refractivity contribution in [2.75, 3.05) is 11.9 Å². The van der Waals surface area contributed by atoms with Crippen LogP contribution in [0.1, 0.15) is 0 Å². The second-order valence-corrected chi connectivity index (χ2v) is 5.22. The maximum absolute atomic E-state index is 11.9. The average Bonchev–Trinajstić information content (AvgIpc) is 2.27. The molecule has 0 aliphatic carbocycles. The van der Waals surface area contributed by atoms with Gasteiger partial charge in [-0.05, 0) is 12.1 Å². The largest absolute Gasteiger partial charge is 0.514 e. The van der Waals surface area contributed by atoms with Gasteiger partial charge in [0, 0.05) is 7.05 Å². The normalized spacial score (nSPS) is 20.9. The Kier molecular flexibility index (Phi) is 2.23. The van der Waals surface area contributed by atoms with Crippen molar-refractivity contribution in [2.24, 2.45) is 0 Å². The Balaban J connectivity index is 2.84. The average molecular weight is 239 g/mol. The molecule has 1 aliphatic rings. The molecule has 0 aromatic heterocycles. The molecule has 0 bridgehead atoms. The molecular formula is C10H9NO4S. The highest BCUT2D eigenvalue weighted by atomic mass is 32.2. The van der Waals surface area contributed by atoms with Gasteiger partial charge in [0.25, 0.3) is 5.91 Å². The Hall–Kier alpha value is -1.82. The lowest BCUT2D eigenvalue weighted by atomic mass is 10.3. The number of rotatable bonds is 0. The quantitative estimate of drug-likeness (QED) is 0.537. The number of anilines is 1. The molecule has 1 amide bonds. The highest BCUT2D eigenvalue weighted by Crippen LogP contribution is 2.34. The smallest absolute Gasteiger partial charge is 0.273 e. The summed E-state index contributed by atoms with van der Waals surface area (Å²) in [5.74, 6) is -0.735. The monoisotopic (exact) mass is 239 g/mol. The number of sulfone groups is 1. The first-order valence-electron chi connectivity index (χ1n) is 4.46. The van der Waals surface area contributed by atoms with E-state index in [1.54, 1.807) is 18.2 Å². The Bertz CT molecular complexity index is 589. The fourth-order valence-electron chi connectivity index (χ4n) is 1.59. The maximum atomic E-state index is 11.9. The number of carbonyl (C=O) groups is 1. The zero-order valence-corrected chi connectivity index (χ0v) is 9.23. The fraction of sp³-hybridized carbons (Fsp3) is 0.100. The predicted molar refractivity (Wildman–Crippen MR) is 57.7 cm³/mol. The summed E-state index contributed by atoms with van der Waals surface area (Å²) < 4.78 is 23.8. The van der Waals surface area contributed by atoms with Crippen LogP contribution in [0.2, 0.25) is 0 Å². The van der Waals surface area contributed by atoms with E-state index in [1.807, 2.05) is 0 Å². The summed E-state index contributed by atoms with van der Waals surface area (Å²) in [5, 5.41) is 8.85. The number of benzene rings is 1. The molecular weight excluding hydrogens is 230 g/mol. The van der Waals surface area contributed by atoms with Crippen LogP contribution in [-0.2, 0) is 14.6 Å². The molecule has 6 heteroatoms. The number of fused-ring (bicyclic) bond motifs is 1. The van der Waals surface area contributed by atoms with E-state index in [4.69, 9.17) is 5.11 Å². The van der Waals surface area contributed by atoms with Crippen LogP contribution in [0.5, 0.6) is 0 Å². The van der Waals surface area contributed by atoms with Crippen LogP contribution in [0, 0.1) is 0 Å². The third kappa shape index (κ3) is 1.23. The second kappa shape index (κ2) is 3.34. The summed E-state index contributed by atoms with van der Waals surface area (Å²) in [6, 6.07) is 6.15. The van der Waals surface area contributed by atoms with Gasteiger partial charge < -0.3 is 10.0 Å². The molecule has 0 radical (unpaired) electrons. The summed E-state index contributed by atoms with van der Waals surface area (Å²) in [6.45, 7) is 0. The highest BCUT2D eigenvalue weighted by molar-refractivity contribution is 7.96. The first-order chi connectivity index (χ1) is 7.50. The van der Waals surface area contributed by atoms with E-state index in [1.165, 1.54) is 18.0 Å². The third-order valence-corrected chi connectivity index (χ3v) is 4.22. The molecule has 0 spiro atoms. The molecule has 5 nitrogen and oxygen atoms in total. The number of aliphatic hydroxyl groups is 1. The van der Waals surface area contributed by atoms with Gasteiger partial charge in [0.2, 0.25) is 9.84 Å². The second-order valence-electron chi connectivity index (χ2n) is 3.33. The molecule has 0 fully saturated rings. The van der Waals surface area contributed by atoms with Crippen molar-refractivity contribution in [1.29, 1.82) is 0 Å². The molecule has 1 N–H and O–H groups in total. The summed E-state index contributed by atoms with van der Waals surface area (Å²) in [6.07, 6.45) is 0.337. The minimum Gasteiger partial charge on any atom is -0.514 e. The molecule has 1 aromatic rings. The number of aliphatic hydroxyl groups excluding tert-OH is 1. The zero-order chi connectivity index (χ0) is 11.9. The minimum absolute atomic E-state index is 0.0254. The van der Waals surface area contributed by atoms with E-state index in [-0.39, 0.29) is 4.90 Å². The van der Waals surface area contributed by atoms with Gasteiger partial charge >= 0.3 is 0 Å². The van der Waals surface area contributed by atoms with E-state index in [2.05, 4.69) is 0 Å². The fourth-order valence-corrected chi connectivity index (χ4v) is 3.07. The van der Waals surface area contributed by atoms with E-state index in [0.717, 1.165) is 0 Å². The predicted octanol–water partition coefficient (Wildman–Crippen LogP) is 0.836. The molecule has 16 heavy (non-hydrogen) atoms. The Morgan fingerprint density at radius 3 is 2.56 bits per heavy atom. The third-order valence-electron chi connectivity index (χ3n) is 2.44. The van der Waals surface area contributed by atoms with Crippen LogP contribution < -0.4 is 4.90 Å². The van der Waals surface area contributed by atoms with Crippen molar-refractivity contribution in [2.45, 2.75) is 4.90 Å². The van der Waals surface area contributed by atoms with Crippen molar-refractivity contribution in [3.05, 3.63) is 35.4 Å². The number of likely N-dealkylation sites (N-methyl/N-ethyl adjacent to an activating group) is 1. The van der Waals surface area contributed by atoms with Crippen molar-refractivity contribution < 1.29 is 18.3 Å². The van der Waals surface area contributed by atoms with Crippen LogP contribution in [0.3, 0.4) is 0 Å². The summed E-state index contributed by atoms with van der Waals surface area (Å²) in [7, 11) is -2.44. The van der Waals surface area contributed by atoms with E-state index in [0.29, 0.717) is 11.9 Å². The van der Waals surface area contributed by atoms with Crippen molar-refractivity contribution in [3.8, 4) is 0 Å². The van der Waals surface area contributed by atoms with Crippen molar-refractivity contribution in [1.82, 2.24) is 0 Å². The summed E-state index contributed by atoms with van der Waals surface area (Å²) in [4.78, 5) is 12.3. The standard InChI is InChI=1S/C10H9NO4S/c1-11-7-4-2-3-5-8(7)16(14,15)9(6-12)10(11)13/h2-6,12H,1H3. The summed E-state index contributed by atoms with van der Waals surface area (Å²) >= 11 is 0.